The van der Waals surface area contributed by atoms with E-state index in [9.17, 15) is 20.1 Å². The van der Waals surface area contributed by atoms with E-state index in [1.54, 1.807) is 0 Å². The molecule has 0 aromatic heterocycles. The van der Waals surface area contributed by atoms with Crippen molar-refractivity contribution in [1.29, 1.82) is 0 Å². The fourth-order valence-corrected chi connectivity index (χ4v) is 2.97. The molecule has 0 bridgehead atoms. The molecule has 1 aliphatic rings. The van der Waals surface area contributed by atoms with Gasteiger partial charge in [0.2, 0.25) is 0 Å². The first-order chi connectivity index (χ1) is 11.6. The molecule has 6 nitrogen and oxygen atoms in total. The Hall–Kier alpha value is -0.690. The lowest BCUT2D eigenvalue weighted by atomic mass is 10.1. The zero-order valence-electron chi connectivity index (χ0n) is 14.9. The van der Waals surface area contributed by atoms with E-state index in [4.69, 9.17) is 9.47 Å². The predicted molar refractivity (Wildman–Crippen MR) is 90.6 cm³/mol. The lowest BCUT2D eigenvalue weighted by Gasteiger charge is -2.24. The Labute approximate surface area is 145 Å². The second kappa shape index (κ2) is 12.6. The molecule has 0 saturated carbocycles. The highest BCUT2D eigenvalue weighted by atomic mass is 16.6. The summed E-state index contributed by atoms with van der Waals surface area (Å²) in [4.78, 5) is 11.8. The molecule has 142 valence electrons. The van der Waals surface area contributed by atoms with Gasteiger partial charge in [-0.25, -0.2) is 0 Å². The predicted octanol–water partition coefficient (Wildman–Crippen LogP) is 1.93. The van der Waals surface area contributed by atoms with Crippen molar-refractivity contribution in [2.75, 3.05) is 13.2 Å². The normalized spacial score (nSPS) is 24.9. The van der Waals surface area contributed by atoms with Crippen LogP contribution >= 0.6 is 0 Å². The molecule has 1 aliphatic heterocycles. The van der Waals surface area contributed by atoms with Crippen LogP contribution in [0.2, 0.25) is 0 Å². The van der Waals surface area contributed by atoms with E-state index in [1.807, 2.05) is 0 Å². The van der Waals surface area contributed by atoms with E-state index >= 15 is 0 Å². The molecule has 1 saturated heterocycles. The number of rotatable bonds is 13. The lowest BCUT2D eigenvalue weighted by Crippen LogP contribution is -2.43. The summed E-state index contributed by atoms with van der Waals surface area (Å²) >= 11 is 0. The Morgan fingerprint density at radius 1 is 1.08 bits per heavy atom. The van der Waals surface area contributed by atoms with Crippen LogP contribution in [-0.2, 0) is 14.3 Å². The smallest absolute Gasteiger partial charge is 0.306 e. The summed E-state index contributed by atoms with van der Waals surface area (Å²) < 4.78 is 10.4. The number of hydrogen-bond acceptors (Lipinski definition) is 6. The van der Waals surface area contributed by atoms with E-state index < -0.39 is 37.0 Å². The number of unbranched alkanes of at least 4 members (excludes halogenated alkanes) is 8. The number of carbonyl (C=O) groups excluding carboxylic acids is 1. The van der Waals surface area contributed by atoms with Gasteiger partial charge in [-0.1, -0.05) is 58.3 Å². The molecule has 4 atom stereocenters. The van der Waals surface area contributed by atoms with Crippen LogP contribution < -0.4 is 0 Å². The topological polar surface area (TPSA) is 96.2 Å². The van der Waals surface area contributed by atoms with E-state index in [-0.39, 0.29) is 6.61 Å². The van der Waals surface area contributed by atoms with Crippen LogP contribution in [0.3, 0.4) is 0 Å². The van der Waals surface area contributed by atoms with Gasteiger partial charge in [0.05, 0.1) is 13.2 Å². The highest BCUT2D eigenvalue weighted by molar-refractivity contribution is 5.69. The molecule has 0 spiro atoms. The fraction of sp³-hybridized carbons (Fsp3) is 0.944. The number of aliphatic hydroxyl groups excluding tert-OH is 3. The van der Waals surface area contributed by atoms with E-state index in [0.29, 0.717) is 6.42 Å². The summed E-state index contributed by atoms with van der Waals surface area (Å²) in [6, 6.07) is 0. The van der Waals surface area contributed by atoms with Gasteiger partial charge in [0, 0.05) is 6.42 Å². The van der Waals surface area contributed by atoms with Crippen molar-refractivity contribution < 1.29 is 29.6 Å². The summed E-state index contributed by atoms with van der Waals surface area (Å²) in [6.45, 7) is 1.76. The average molecular weight is 346 g/mol. The van der Waals surface area contributed by atoms with Gasteiger partial charge in [-0.3, -0.25) is 4.79 Å². The Balaban J connectivity index is 2.08. The third kappa shape index (κ3) is 7.92. The molecule has 0 aromatic rings. The van der Waals surface area contributed by atoms with Gasteiger partial charge in [-0.15, -0.1) is 0 Å². The van der Waals surface area contributed by atoms with E-state index in [0.717, 1.165) is 19.3 Å². The summed E-state index contributed by atoms with van der Waals surface area (Å²) in [5, 5.41) is 28.5. The number of carbonyl (C=O) groups is 1. The number of ether oxygens (including phenoxy) is 2. The minimum Gasteiger partial charge on any atom is -0.457 e. The van der Waals surface area contributed by atoms with Gasteiger partial charge in [0.25, 0.3) is 0 Å². The Morgan fingerprint density at radius 2 is 1.67 bits per heavy atom. The van der Waals surface area contributed by atoms with Crippen molar-refractivity contribution in [2.24, 2.45) is 0 Å². The summed E-state index contributed by atoms with van der Waals surface area (Å²) in [6.07, 6.45) is 6.91. The van der Waals surface area contributed by atoms with Crippen LogP contribution in [0.1, 0.15) is 71.1 Å². The van der Waals surface area contributed by atoms with Crippen LogP contribution in [0.25, 0.3) is 0 Å². The molecule has 1 rings (SSSR count). The molecule has 0 radical (unpaired) electrons. The van der Waals surface area contributed by atoms with Crippen molar-refractivity contribution in [3.63, 3.8) is 0 Å². The second-order valence-corrected chi connectivity index (χ2v) is 6.65. The maximum absolute atomic E-state index is 11.8. The molecule has 6 heteroatoms. The Morgan fingerprint density at radius 3 is 2.17 bits per heavy atom. The van der Waals surface area contributed by atoms with Crippen LogP contribution in [-0.4, -0.2) is 58.9 Å². The van der Waals surface area contributed by atoms with Crippen molar-refractivity contribution in [2.45, 2.75) is 95.5 Å². The maximum atomic E-state index is 11.8. The van der Waals surface area contributed by atoms with Gasteiger partial charge in [-0.05, 0) is 6.42 Å². The van der Waals surface area contributed by atoms with Crippen molar-refractivity contribution in [3.05, 3.63) is 0 Å². The SMILES string of the molecule is CCCCCCCCCCCC(=O)O[C@H](CO)[C@H]1OC[C@H](O)[C@H]1O. The minimum absolute atomic E-state index is 0.0157. The summed E-state index contributed by atoms with van der Waals surface area (Å²) in [7, 11) is 0. The standard InChI is InChI=1S/C18H34O6/c1-2-3-4-5-6-7-8-9-10-11-16(21)24-15(12-19)18-17(22)14(20)13-23-18/h14-15,17-20,22H,2-13H2,1H3/t14-,15+,17+,18+/m0/s1. The molecule has 1 fully saturated rings. The van der Waals surface area contributed by atoms with Crippen LogP contribution in [0.4, 0.5) is 0 Å². The zero-order chi connectivity index (χ0) is 17.8. The lowest BCUT2D eigenvalue weighted by molar-refractivity contribution is -0.162. The summed E-state index contributed by atoms with van der Waals surface area (Å²) in [5.74, 6) is -0.394. The average Bonchev–Trinajstić information content (AvgIpc) is 2.90. The molecule has 24 heavy (non-hydrogen) atoms. The first-order valence-electron chi connectivity index (χ1n) is 9.38. The first-order valence-corrected chi connectivity index (χ1v) is 9.38. The van der Waals surface area contributed by atoms with Gasteiger partial charge in [0.15, 0.2) is 6.10 Å². The van der Waals surface area contributed by atoms with Crippen molar-refractivity contribution >= 4 is 5.97 Å². The molecule has 0 aliphatic carbocycles. The van der Waals surface area contributed by atoms with Gasteiger partial charge >= 0.3 is 5.97 Å². The minimum atomic E-state index is -1.14. The third-order valence-electron chi connectivity index (χ3n) is 4.50. The fourth-order valence-electron chi connectivity index (χ4n) is 2.97. The van der Waals surface area contributed by atoms with Crippen LogP contribution in [0.5, 0.6) is 0 Å². The quantitative estimate of drug-likeness (QED) is 0.348. The Bertz CT molecular complexity index is 335. The molecule has 3 N–H and O–H groups in total. The molecule has 0 amide bonds. The molecular formula is C18H34O6. The Kier molecular flexibility index (Phi) is 11.2. The summed E-state index contributed by atoms with van der Waals surface area (Å²) in [5.41, 5.74) is 0. The van der Waals surface area contributed by atoms with Gasteiger partial charge in [0.1, 0.15) is 18.3 Å². The molecule has 0 aromatic carbocycles. The van der Waals surface area contributed by atoms with E-state index in [1.165, 1.54) is 38.5 Å². The number of hydrogen-bond donors (Lipinski definition) is 3. The number of esters is 1. The highest BCUT2D eigenvalue weighted by Gasteiger charge is 2.41. The zero-order valence-corrected chi connectivity index (χ0v) is 14.9. The third-order valence-corrected chi connectivity index (χ3v) is 4.50. The van der Waals surface area contributed by atoms with Crippen LogP contribution in [0, 0.1) is 0 Å². The highest BCUT2D eigenvalue weighted by Crippen LogP contribution is 2.20. The first kappa shape index (κ1) is 21.4. The van der Waals surface area contributed by atoms with Crippen molar-refractivity contribution in [1.82, 2.24) is 0 Å². The number of aliphatic hydroxyl groups is 3. The maximum Gasteiger partial charge on any atom is 0.306 e. The molecular weight excluding hydrogens is 312 g/mol. The van der Waals surface area contributed by atoms with Gasteiger partial charge in [-0.2, -0.15) is 0 Å². The largest absolute Gasteiger partial charge is 0.457 e. The van der Waals surface area contributed by atoms with E-state index in [2.05, 4.69) is 6.92 Å². The van der Waals surface area contributed by atoms with Gasteiger partial charge < -0.3 is 24.8 Å². The van der Waals surface area contributed by atoms with Crippen molar-refractivity contribution in [3.8, 4) is 0 Å². The second-order valence-electron chi connectivity index (χ2n) is 6.65. The molecule has 1 heterocycles. The van der Waals surface area contributed by atoms with Crippen LogP contribution in [0.15, 0.2) is 0 Å². The molecule has 0 unspecified atom stereocenters. The monoisotopic (exact) mass is 346 g/mol.